The molecule has 111 heavy (non-hydrogen) atoms. The average molecular weight is 1510 g/mol. The molecular formula is C90H98N4O17. The molecule has 0 spiro atoms. The third-order valence-corrected chi connectivity index (χ3v) is 21.7. The van der Waals surface area contributed by atoms with Gasteiger partial charge < -0.3 is 58.5 Å². The van der Waals surface area contributed by atoms with Crippen LogP contribution >= 0.6 is 0 Å². The fourth-order valence-corrected chi connectivity index (χ4v) is 14.3. The summed E-state index contributed by atoms with van der Waals surface area (Å²) in [5, 5.41) is 41.5. The molecule has 21 nitrogen and oxygen atoms in total. The number of carbonyl (C=O) groups excluding carboxylic acids is 6. The third kappa shape index (κ3) is 15.7. The maximum atomic E-state index is 12.8. The lowest BCUT2D eigenvalue weighted by Gasteiger charge is -2.51. The maximum Gasteiger partial charge on any atom is 0.343 e. The van der Waals surface area contributed by atoms with Crippen molar-refractivity contribution >= 4 is 58.3 Å². The molecule has 4 aliphatic rings. The lowest BCUT2D eigenvalue weighted by Crippen LogP contribution is -2.67. The summed E-state index contributed by atoms with van der Waals surface area (Å²) in [6.45, 7) is 33.4. The number of nitrogens with zero attached hydrogens (tertiary/aromatic N) is 4. The van der Waals surface area contributed by atoms with E-state index in [-0.39, 0.29) is 47.2 Å². The van der Waals surface area contributed by atoms with E-state index in [0.717, 1.165) is 101 Å². The zero-order valence-electron chi connectivity index (χ0n) is 66.8. The van der Waals surface area contributed by atoms with Gasteiger partial charge in [-0.25, -0.2) is 4.79 Å². The summed E-state index contributed by atoms with van der Waals surface area (Å²) in [7, 11) is 8.00. The van der Waals surface area contributed by atoms with Crippen molar-refractivity contribution in [1.29, 1.82) is 0 Å². The Hall–Kier alpha value is -11.9. The number of aromatic hydroxyl groups is 2. The second kappa shape index (κ2) is 32.3. The van der Waals surface area contributed by atoms with Gasteiger partial charge >= 0.3 is 11.9 Å². The van der Waals surface area contributed by atoms with Gasteiger partial charge in [0.1, 0.15) is 51.7 Å². The molecule has 0 bridgehead atoms. The van der Waals surface area contributed by atoms with Crippen molar-refractivity contribution in [3.8, 4) is 51.7 Å². The van der Waals surface area contributed by atoms with Crippen LogP contribution < -0.4 is 52.8 Å². The van der Waals surface area contributed by atoms with Gasteiger partial charge in [0, 0.05) is 59.5 Å². The van der Waals surface area contributed by atoms with E-state index in [4.69, 9.17) is 33.2 Å². The molecule has 580 valence electrons. The van der Waals surface area contributed by atoms with Crippen molar-refractivity contribution in [2.75, 3.05) is 55.1 Å². The number of carbonyl (C=O) groups is 6. The maximum absolute atomic E-state index is 12.8. The molecule has 0 saturated carbocycles. The Bertz CT molecular complexity index is 5190. The Morgan fingerprint density at radius 3 is 1.15 bits per heavy atom. The highest BCUT2D eigenvalue weighted by molar-refractivity contribution is 6.15. The van der Waals surface area contributed by atoms with E-state index in [2.05, 4.69) is 6.58 Å². The van der Waals surface area contributed by atoms with E-state index in [1.807, 2.05) is 162 Å². The van der Waals surface area contributed by atoms with Crippen LogP contribution in [-0.2, 0) is 24.0 Å². The van der Waals surface area contributed by atoms with Crippen LogP contribution in [0.4, 0.5) is 22.7 Å². The van der Waals surface area contributed by atoms with Crippen molar-refractivity contribution in [1.82, 2.24) is 0 Å². The smallest absolute Gasteiger partial charge is 0.343 e. The average Bonchev–Trinajstić information content (AvgIpc) is 0.715. The number of anilines is 4. The molecule has 4 N–H and O–H groups in total. The minimum Gasteiger partial charge on any atom is -0.508 e. The van der Waals surface area contributed by atoms with Crippen LogP contribution in [0.5, 0.6) is 51.7 Å². The topological polar surface area (TPSA) is 261 Å². The van der Waals surface area contributed by atoms with Gasteiger partial charge in [-0.15, -0.1) is 0 Å². The van der Waals surface area contributed by atoms with Crippen LogP contribution in [-0.4, -0.2) is 103 Å². The van der Waals surface area contributed by atoms with E-state index in [1.54, 1.807) is 129 Å². The largest absolute Gasteiger partial charge is 0.508 e. The van der Waals surface area contributed by atoms with Crippen LogP contribution in [0.3, 0.4) is 0 Å². The number of β-lactam (4-membered cyclic amide) rings is 4. The van der Waals surface area contributed by atoms with E-state index in [1.165, 1.54) is 20.8 Å². The molecule has 0 aliphatic carbocycles. The Balaban J connectivity index is 0.000000159. The van der Waals surface area contributed by atoms with Crippen molar-refractivity contribution in [3.05, 3.63) is 252 Å². The number of esters is 2. The van der Waals surface area contributed by atoms with Crippen molar-refractivity contribution in [2.45, 2.75) is 146 Å². The van der Waals surface area contributed by atoms with Gasteiger partial charge in [-0.2, -0.15) is 0 Å². The van der Waals surface area contributed by atoms with Gasteiger partial charge in [0.15, 0.2) is 11.2 Å². The predicted octanol–water partition coefficient (Wildman–Crippen LogP) is 16.1. The van der Waals surface area contributed by atoms with E-state index < -0.39 is 41.1 Å². The third-order valence-electron chi connectivity index (χ3n) is 21.7. The van der Waals surface area contributed by atoms with Crippen LogP contribution in [0.2, 0.25) is 0 Å². The number of rotatable bonds is 16. The summed E-state index contributed by atoms with van der Waals surface area (Å²) in [5.74, 6) is 2.96. The van der Waals surface area contributed by atoms with Gasteiger partial charge in [0.2, 0.25) is 5.91 Å². The van der Waals surface area contributed by atoms with Crippen molar-refractivity contribution in [2.24, 2.45) is 5.92 Å². The number of amides is 4. The summed E-state index contributed by atoms with van der Waals surface area (Å²) in [4.78, 5) is 81.3. The molecule has 9 aromatic rings. The number of hydrogen-bond acceptors (Lipinski definition) is 17. The Labute approximate surface area is 648 Å². The zero-order chi connectivity index (χ0) is 81.5. The molecule has 0 unspecified atom stereocenters. The summed E-state index contributed by atoms with van der Waals surface area (Å²) < 4.78 is 37.9. The second-order valence-corrected chi connectivity index (χ2v) is 29.2. The fraction of sp³-hybridized carbons (Fsp3) is 0.311. The van der Waals surface area contributed by atoms with E-state index in [0.29, 0.717) is 62.4 Å². The molecular weight excluding hydrogens is 1410 g/mol. The monoisotopic (exact) mass is 1510 g/mol. The molecule has 9 aromatic carbocycles. The first-order valence-electron chi connectivity index (χ1n) is 36.3. The van der Waals surface area contributed by atoms with Crippen molar-refractivity contribution in [3.63, 3.8) is 0 Å². The number of phenolic OH excluding ortho intramolecular Hbond substituents is 2. The Morgan fingerprint density at radius 1 is 0.405 bits per heavy atom. The number of aryl methyl sites for hydroxylation is 8. The molecule has 4 saturated heterocycles. The summed E-state index contributed by atoms with van der Waals surface area (Å²) in [6.07, 6.45) is 0. The lowest BCUT2D eigenvalue weighted by molar-refractivity contribution is -0.151. The molecule has 0 aromatic heterocycles. The minimum absolute atomic E-state index is 0.0733. The highest BCUT2D eigenvalue weighted by Crippen LogP contribution is 2.52. The van der Waals surface area contributed by atoms with Gasteiger partial charge in [-0.3, -0.25) is 38.7 Å². The Kier molecular flexibility index (Phi) is 23.8. The summed E-state index contributed by atoms with van der Waals surface area (Å²) >= 11 is 0. The van der Waals surface area contributed by atoms with Crippen LogP contribution in [0, 0.1) is 89.0 Å². The van der Waals surface area contributed by atoms with Crippen LogP contribution in [0.1, 0.15) is 151 Å². The molecule has 13 rings (SSSR count). The van der Waals surface area contributed by atoms with Gasteiger partial charge in [-0.1, -0.05) is 62.0 Å². The second-order valence-electron chi connectivity index (χ2n) is 29.2. The first kappa shape index (κ1) is 81.6. The quantitative estimate of drug-likeness (QED) is 0.0303. The number of methoxy groups -OCH3 is 5. The van der Waals surface area contributed by atoms with Gasteiger partial charge in [0.05, 0.1) is 71.2 Å². The van der Waals surface area contributed by atoms with E-state index >= 15 is 0 Å². The predicted molar refractivity (Wildman–Crippen MR) is 428 cm³/mol. The summed E-state index contributed by atoms with van der Waals surface area (Å²) in [5.41, 5.74) is 15.2. The molecule has 4 amide bonds. The molecule has 4 fully saturated rings. The molecule has 0 radical (unpaired) electrons. The zero-order valence-corrected chi connectivity index (χ0v) is 66.8. The first-order chi connectivity index (χ1) is 52.3. The number of hydrogen-bond donors (Lipinski definition) is 4. The molecule has 21 heteroatoms. The van der Waals surface area contributed by atoms with E-state index in [9.17, 15) is 49.2 Å². The highest BCUT2D eigenvalue weighted by Gasteiger charge is 2.59. The number of phenols is 2. The standard InChI is InChI=1S/C28H27NO5.C22H25NO5.C20H23NO4.C20H23NO3/c1-16-7-8-21(14-24(16)34-28(31)20-9-11-23(32-5)12-10-20)26-19(4)27(30)29(26)22-13-17(2)18(3)25(15-22)33-6;1-12-7-8-16(10-18(12)28-15(4)24)20-22(5,26)21(25)23(20)17-9-13(2)14(3)19(11-17)27-6;1-11-6-7-14(9-16(11)22)18-20(4,24)19(23)21(18)15-8-12(2)13(3)17(10-15)25-5;1-11-6-7-15(9-17(11)22)19-14(4)20(23)21(19)16-8-12(2)13(3)18(10-16)24-5/h7-15,26H,4H2,1-3,5-6H3;7-11,20,26H,1-6H3;6-10,18,22,24H,1-5H3;6-10,14,19,22H,1-5H3/t26-;20-,22+;18-,20+;14-,19+/m1000/s1. The number of benzene rings is 9. The van der Waals surface area contributed by atoms with Crippen molar-refractivity contribution < 1.29 is 82.4 Å². The van der Waals surface area contributed by atoms with Crippen LogP contribution in [0.15, 0.2) is 158 Å². The molecule has 4 heterocycles. The van der Waals surface area contributed by atoms with Crippen LogP contribution in [0.25, 0.3) is 0 Å². The fourth-order valence-electron chi connectivity index (χ4n) is 14.3. The summed E-state index contributed by atoms with van der Waals surface area (Å²) in [6, 6.07) is 42.0. The molecule has 4 aliphatic heterocycles. The highest BCUT2D eigenvalue weighted by atomic mass is 16.5. The lowest BCUT2D eigenvalue weighted by atomic mass is 9.78. The van der Waals surface area contributed by atoms with Gasteiger partial charge in [-0.05, 0) is 259 Å². The molecule has 7 atom stereocenters. The van der Waals surface area contributed by atoms with Gasteiger partial charge in [0.25, 0.3) is 17.7 Å². The first-order valence-corrected chi connectivity index (χ1v) is 36.3. The normalized spacial score (nSPS) is 19.5. The minimum atomic E-state index is -1.56. The number of ether oxygens (including phenoxy) is 7. The SMILES string of the molecule is C=C1C(=O)N(c2cc(C)c(C)c(OC)c2)[C@H]1c1ccc(C)c(OC(=O)c2ccc(OC)cc2)c1.COc1cc(N2C(=O)[C@@H](C)[C@@H]2c2ccc(C)c(O)c2)cc(C)c1C.COc1cc(N2C(=O)[C@](C)(O)[C@@H]2c2ccc(C)c(O)c2)cc(C)c1C.COc1cc(N2C(=O)[C@](C)(O)[C@@H]2c2ccc(C)c(OC(C)=O)c2)cc(C)c1C. The Morgan fingerprint density at radius 2 is 0.757 bits per heavy atom. The number of aliphatic hydroxyl groups is 2.